The molecule has 2 aromatic heterocycles. The summed E-state index contributed by atoms with van der Waals surface area (Å²) in [4.78, 5) is 46.5. The predicted octanol–water partition coefficient (Wildman–Crippen LogP) is 2.85. The third kappa shape index (κ3) is 4.64. The molecule has 0 spiro atoms. The van der Waals surface area contributed by atoms with Crippen LogP contribution in [0.15, 0.2) is 32.8 Å². The summed E-state index contributed by atoms with van der Waals surface area (Å²) in [7, 11) is 2.91. The Hall–Kier alpha value is -2.72. The van der Waals surface area contributed by atoms with Crippen LogP contribution in [-0.4, -0.2) is 30.8 Å². The molecule has 0 unspecified atom stereocenters. The van der Waals surface area contributed by atoms with Gasteiger partial charge in [0.05, 0.1) is 10.8 Å². The lowest BCUT2D eigenvalue weighted by Gasteiger charge is -2.19. The largest absolute Gasteiger partial charge is 0.332 e. The molecule has 0 bridgehead atoms. The van der Waals surface area contributed by atoms with Crippen molar-refractivity contribution >= 4 is 46.0 Å². The van der Waals surface area contributed by atoms with Gasteiger partial charge in [0.2, 0.25) is 5.91 Å². The smallest absolute Gasteiger partial charge is 0.325 e. The summed E-state index contributed by atoms with van der Waals surface area (Å²) < 4.78 is 15.6. The molecular formula is C20H21ClFN5O3S. The summed E-state index contributed by atoms with van der Waals surface area (Å²) in [5.41, 5.74) is -0.933. The van der Waals surface area contributed by atoms with E-state index in [-0.39, 0.29) is 21.8 Å². The fourth-order valence-electron chi connectivity index (χ4n) is 2.77. The molecule has 8 nitrogen and oxygen atoms in total. The average Bonchev–Trinajstić information content (AvgIpc) is 2.70. The number of carbonyl (C=O) groups is 1. The lowest BCUT2D eigenvalue weighted by molar-refractivity contribution is -0.113. The second-order valence-corrected chi connectivity index (χ2v) is 9.34. The number of hydrogen-bond acceptors (Lipinski definition) is 6. The van der Waals surface area contributed by atoms with Crippen LogP contribution < -0.4 is 16.6 Å². The maximum Gasteiger partial charge on any atom is 0.332 e. The van der Waals surface area contributed by atoms with E-state index >= 15 is 0 Å². The Labute approximate surface area is 186 Å². The number of rotatable bonds is 4. The van der Waals surface area contributed by atoms with Crippen molar-refractivity contribution in [3.05, 3.63) is 55.7 Å². The number of aromatic nitrogens is 4. The number of fused-ring (bicyclic) bond motifs is 1. The first-order valence-electron chi connectivity index (χ1n) is 9.26. The molecule has 1 amide bonds. The summed E-state index contributed by atoms with van der Waals surface area (Å²) in [6.07, 6.45) is 0. The highest BCUT2D eigenvalue weighted by Gasteiger charge is 2.24. The molecule has 0 saturated heterocycles. The minimum Gasteiger partial charge on any atom is -0.325 e. The first kappa shape index (κ1) is 23.0. The molecule has 0 aliphatic heterocycles. The van der Waals surface area contributed by atoms with Gasteiger partial charge in [0.25, 0.3) is 5.56 Å². The van der Waals surface area contributed by atoms with Gasteiger partial charge in [-0.1, -0.05) is 44.1 Å². The van der Waals surface area contributed by atoms with Crippen LogP contribution in [0.4, 0.5) is 10.1 Å². The van der Waals surface area contributed by atoms with Gasteiger partial charge in [-0.15, -0.1) is 0 Å². The number of nitrogens with zero attached hydrogens (tertiary/aromatic N) is 4. The zero-order chi connectivity index (χ0) is 23.1. The van der Waals surface area contributed by atoms with Crippen molar-refractivity contribution in [3.8, 4) is 0 Å². The first-order chi connectivity index (χ1) is 14.4. The van der Waals surface area contributed by atoms with Crippen molar-refractivity contribution in [1.29, 1.82) is 0 Å². The molecule has 11 heteroatoms. The highest BCUT2D eigenvalue weighted by molar-refractivity contribution is 8.00. The molecule has 0 saturated carbocycles. The van der Waals surface area contributed by atoms with Crippen molar-refractivity contribution in [3.63, 3.8) is 0 Å². The number of amides is 1. The van der Waals surface area contributed by atoms with Gasteiger partial charge in [-0.3, -0.25) is 18.7 Å². The van der Waals surface area contributed by atoms with Crippen molar-refractivity contribution < 1.29 is 9.18 Å². The van der Waals surface area contributed by atoms with E-state index in [1.54, 1.807) is 0 Å². The van der Waals surface area contributed by atoms with Gasteiger partial charge >= 0.3 is 5.69 Å². The number of nitrogens with one attached hydrogen (secondary N) is 1. The number of aryl methyl sites for hydroxylation is 1. The molecule has 0 fully saturated rings. The SMILES string of the molecule is Cn1c(=O)c2c(SCC(=O)Nc3ccc(F)c(Cl)c3)nc(C(C)(C)C)nc2n(C)c1=O. The Balaban J connectivity index is 2.00. The van der Waals surface area contributed by atoms with Crippen molar-refractivity contribution in [2.24, 2.45) is 14.1 Å². The fourth-order valence-corrected chi connectivity index (χ4v) is 3.77. The van der Waals surface area contributed by atoms with Gasteiger partial charge in [0.1, 0.15) is 22.1 Å². The van der Waals surface area contributed by atoms with E-state index in [1.807, 2.05) is 20.8 Å². The Kier molecular flexibility index (Phi) is 6.24. The maximum atomic E-state index is 13.3. The number of anilines is 1. The molecule has 0 atom stereocenters. The summed E-state index contributed by atoms with van der Waals surface area (Å²) in [5.74, 6) is -0.607. The van der Waals surface area contributed by atoms with E-state index < -0.39 is 28.4 Å². The van der Waals surface area contributed by atoms with E-state index in [1.165, 1.54) is 30.8 Å². The normalized spacial score (nSPS) is 11.7. The predicted molar refractivity (Wildman–Crippen MR) is 119 cm³/mol. The number of halogens is 2. The fraction of sp³-hybridized carbons (Fsp3) is 0.350. The molecule has 0 aliphatic rings. The van der Waals surface area contributed by atoms with Crippen molar-refractivity contribution in [1.82, 2.24) is 19.1 Å². The van der Waals surface area contributed by atoms with Crippen LogP contribution in [0.3, 0.4) is 0 Å². The highest BCUT2D eigenvalue weighted by atomic mass is 35.5. The lowest BCUT2D eigenvalue weighted by Crippen LogP contribution is -2.38. The van der Waals surface area contributed by atoms with Gasteiger partial charge in [-0.25, -0.2) is 19.2 Å². The standard InChI is InChI=1S/C20H21ClFN5O3S/c1-20(2,3)18-24-15-14(17(29)27(5)19(30)26(15)4)16(25-18)31-9-13(28)23-10-6-7-12(22)11(21)8-10/h6-8H,9H2,1-5H3,(H,23,28). The lowest BCUT2D eigenvalue weighted by atomic mass is 9.96. The van der Waals surface area contributed by atoms with E-state index in [0.717, 1.165) is 22.4 Å². The number of thioether (sulfide) groups is 1. The van der Waals surface area contributed by atoms with Crippen LogP contribution in [0.1, 0.15) is 26.6 Å². The average molecular weight is 466 g/mol. The highest BCUT2D eigenvalue weighted by Crippen LogP contribution is 2.27. The molecule has 3 aromatic rings. The number of carbonyl (C=O) groups excluding carboxylic acids is 1. The Morgan fingerprint density at radius 2 is 1.87 bits per heavy atom. The van der Waals surface area contributed by atoms with Crippen LogP contribution in [-0.2, 0) is 24.3 Å². The molecule has 164 valence electrons. The van der Waals surface area contributed by atoms with Gasteiger partial charge in [0, 0.05) is 25.2 Å². The first-order valence-corrected chi connectivity index (χ1v) is 10.6. The van der Waals surface area contributed by atoms with Gasteiger partial charge in [-0.05, 0) is 18.2 Å². The number of benzene rings is 1. The second kappa shape index (κ2) is 8.43. The molecule has 1 N–H and O–H groups in total. The monoisotopic (exact) mass is 465 g/mol. The minimum atomic E-state index is -0.585. The van der Waals surface area contributed by atoms with Gasteiger partial charge in [-0.2, -0.15) is 0 Å². The Morgan fingerprint density at radius 3 is 2.48 bits per heavy atom. The maximum absolute atomic E-state index is 13.3. The summed E-state index contributed by atoms with van der Waals surface area (Å²) in [5, 5.41) is 2.99. The molecular weight excluding hydrogens is 445 g/mol. The molecule has 0 radical (unpaired) electrons. The summed E-state index contributed by atoms with van der Waals surface area (Å²) >= 11 is 6.80. The van der Waals surface area contributed by atoms with Crippen LogP contribution in [0, 0.1) is 5.82 Å². The topological polar surface area (TPSA) is 98.9 Å². The third-order valence-corrected chi connectivity index (χ3v) is 5.75. The molecule has 31 heavy (non-hydrogen) atoms. The molecule has 3 rings (SSSR count). The van der Waals surface area contributed by atoms with Crippen molar-refractivity contribution in [2.45, 2.75) is 31.2 Å². The summed E-state index contributed by atoms with van der Waals surface area (Å²) in [6.45, 7) is 5.73. The van der Waals surface area contributed by atoms with Gasteiger partial charge in [0.15, 0.2) is 5.65 Å². The van der Waals surface area contributed by atoms with E-state index in [9.17, 15) is 18.8 Å². The van der Waals surface area contributed by atoms with Crippen LogP contribution in [0.25, 0.3) is 11.0 Å². The van der Waals surface area contributed by atoms with Crippen molar-refractivity contribution in [2.75, 3.05) is 11.1 Å². The zero-order valence-corrected chi connectivity index (χ0v) is 19.2. The second-order valence-electron chi connectivity index (χ2n) is 7.97. The van der Waals surface area contributed by atoms with E-state index in [2.05, 4.69) is 15.3 Å². The Morgan fingerprint density at radius 1 is 1.19 bits per heavy atom. The van der Waals surface area contributed by atoms with E-state index in [4.69, 9.17) is 11.6 Å². The molecule has 0 aliphatic carbocycles. The minimum absolute atomic E-state index is 0.0727. The molecule has 1 aromatic carbocycles. The van der Waals surface area contributed by atoms with Crippen LogP contribution in [0.5, 0.6) is 0 Å². The summed E-state index contributed by atoms with van der Waals surface area (Å²) in [6, 6.07) is 3.86. The van der Waals surface area contributed by atoms with Crippen LogP contribution >= 0.6 is 23.4 Å². The number of hydrogen-bond donors (Lipinski definition) is 1. The van der Waals surface area contributed by atoms with Gasteiger partial charge < -0.3 is 5.32 Å². The quantitative estimate of drug-likeness (QED) is 0.470. The van der Waals surface area contributed by atoms with E-state index in [0.29, 0.717) is 16.5 Å². The zero-order valence-electron chi connectivity index (χ0n) is 17.6. The molecule has 2 heterocycles. The van der Waals surface area contributed by atoms with Crippen LogP contribution in [0.2, 0.25) is 5.02 Å². The third-order valence-electron chi connectivity index (χ3n) is 4.48. The Bertz CT molecular complexity index is 1310.